The molecule has 0 fully saturated rings. The molecule has 244 valence electrons. The Morgan fingerprint density at radius 1 is 0.366 bits per heavy atom. The van der Waals surface area contributed by atoms with Gasteiger partial charge in [0.1, 0.15) is 0 Å². The van der Waals surface area contributed by atoms with E-state index in [1.165, 1.54) is 174 Å². The van der Waals surface area contributed by atoms with Crippen molar-refractivity contribution in [1.29, 1.82) is 0 Å². The molecule has 0 aromatic heterocycles. The highest BCUT2D eigenvalue weighted by Crippen LogP contribution is 2.15. The first kappa shape index (κ1) is 39.9. The third-order valence-corrected chi connectivity index (χ3v) is 8.50. The van der Waals surface area contributed by atoms with Crippen LogP contribution in [-0.4, -0.2) is 25.7 Å². The molecule has 0 unspecified atom stereocenters. The summed E-state index contributed by atoms with van der Waals surface area (Å²) in [7, 11) is 1.46. The Morgan fingerprint density at radius 3 is 0.951 bits per heavy atom. The molecular formula is C37H72O4. The number of carbonyl (C=O) groups is 2. The van der Waals surface area contributed by atoms with E-state index < -0.39 is 0 Å². The molecule has 0 saturated carbocycles. The van der Waals surface area contributed by atoms with Gasteiger partial charge in [0.25, 0.3) is 0 Å². The largest absolute Gasteiger partial charge is 0.469 e. The molecule has 0 amide bonds. The number of methoxy groups -OCH3 is 1. The van der Waals surface area contributed by atoms with Crippen LogP contribution in [-0.2, 0) is 19.1 Å². The summed E-state index contributed by atoms with van der Waals surface area (Å²) in [6.07, 6.45) is 40.4. The lowest BCUT2D eigenvalue weighted by molar-refractivity contribution is -0.144. The van der Waals surface area contributed by atoms with Crippen molar-refractivity contribution in [1.82, 2.24) is 0 Å². The van der Waals surface area contributed by atoms with Crippen molar-refractivity contribution in [3.63, 3.8) is 0 Å². The fourth-order valence-electron chi connectivity index (χ4n) is 5.67. The molecular weight excluding hydrogens is 508 g/mol. The van der Waals surface area contributed by atoms with Crippen molar-refractivity contribution in [3.8, 4) is 0 Å². The van der Waals surface area contributed by atoms with Gasteiger partial charge in [-0.3, -0.25) is 9.59 Å². The van der Waals surface area contributed by atoms with Crippen LogP contribution in [0.2, 0.25) is 0 Å². The summed E-state index contributed by atoms with van der Waals surface area (Å²) in [4.78, 5) is 23.0. The summed E-state index contributed by atoms with van der Waals surface area (Å²) in [5.74, 6) is -0.0651. The van der Waals surface area contributed by atoms with Crippen molar-refractivity contribution in [2.45, 2.75) is 212 Å². The number of ether oxygens (including phenoxy) is 2. The Labute approximate surface area is 256 Å². The van der Waals surface area contributed by atoms with Gasteiger partial charge in [-0.1, -0.05) is 180 Å². The zero-order valence-corrected chi connectivity index (χ0v) is 28.0. The molecule has 4 heteroatoms. The molecule has 0 aromatic rings. The van der Waals surface area contributed by atoms with E-state index in [2.05, 4.69) is 11.7 Å². The van der Waals surface area contributed by atoms with E-state index in [9.17, 15) is 9.59 Å². The molecule has 0 bridgehead atoms. The smallest absolute Gasteiger partial charge is 0.305 e. The minimum atomic E-state index is -0.0774. The second-order valence-corrected chi connectivity index (χ2v) is 12.5. The molecule has 4 nitrogen and oxygen atoms in total. The predicted octanol–water partition coefficient (Wildman–Crippen LogP) is 12.2. The molecule has 0 radical (unpaired) electrons. The summed E-state index contributed by atoms with van der Waals surface area (Å²) in [5, 5.41) is 0. The second kappa shape index (κ2) is 35.1. The average molecular weight is 581 g/mol. The highest BCUT2D eigenvalue weighted by Gasteiger charge is 2.03. The maximum Gasteiger partial charge on any atom is 0.305 e. The van der Waals surface area contributed by atoms with Gasteiger partial charge in [-0.05, 0) is 19.3 Å². The van der Waals surface area contributed by atoms with Crippen LogP contribution < -0.4 is 0 Å². The SMILES string of the molecule is CCCCCCCCCCCCCCCCCC(=O)OCCCCCCCCCCCCCCCCCC(=O)OC. The van der Waals surface area contributed by atoms with E-state index in [-0.39, 0.29) is 11.9 Å². The minimum absolute atomic E-state index is 0.0123. The van der Waals surface area contributed by atoms with Crippen molar-refractivity contribution >= 4 is 11.9 Å². The van der Waals surface area contributed by atoms with Crippen LogP contribution in [0.15, 0.2) is 0 Å². The zero-order chi connectivity index (χ0) is 29.9. The molecule has 0 aromatic carbocycles. The van der Waals surface area contributed by atoms with Gasteiger partial charge in [-0.25, -0.2) is 0 Å². The number of rotatable bonds is 34. The summed E-state index contributed by atoms with van der Waals surface area (Å²) >= 11 is 0. The molecule has 0 spiro atoms. The van der Waals surface area contributed by atoms with Crippen LogP contribution >= 0.6 is 0 Å². The lowest BCUT2D eigenvalue weighted by Crippen LogP contribution is -2.05. The minimum Gasteiger partial charge on any atom is -0.469 e. The third-order valence-electron chi connectivity index (χ3n) is 8.50. The van der Waals surface area contributed by atoms with E-state index >= 15 is 0 Å². The van der Waals surface area contributed by atoms with Gasteiger partial charge in [0, 0.05) is 12.8 Å². The Bertz CT molecular complexity index is 533. The van der Waals surface area contributed by atoms with Crippen molar-refractivity contribution in [2.75, 3.05) is 13.7 Å². The van der Waals surface area contributed by atoms with E-state index in [0.29, 0.717) is 19.4 Å². The summed E-state index contributed by atoms with van der Waals surface area (Å²) in [6, 6.07) is 0. The standard InChI is InChI=1S/C37H72O4/c1-3-4-5-6-7-8-9-10-12-16-19-22-25-28-31-34-37(39)41-35-32-29-26-23-20-17-14-11-13-15-18-21-24-27-30-33-36(38)40-2/h3-35H2,1-2H3. The monoisotopic (exact) mass is 581 g/mol. The van der Waals surface area contributed by atoms with Crippen LogP contribution in [0.3, 0.4) is 0 Å². The molecule has 41 heavy (non-hydrogen) atoms. The van der Waals surface area contributed by atoms with Crippen molar-refractivity contribution in [3.05, 3.63) is 0 Å². The van der Waals surface area contributed by atoms with Gasteiger partial charge >= 0.3 is 11.9 Å². The van der Waals surface area contributed by atoms with E-state index in [4.69, 9.17) is 4.74 Å². The lowest BCUT2D eigenvalue weighted by Gasteiger charge is -2.06. The predicted molar refractivity (Wildman–Crippen MR) is 176 cm³/mol. The fraction of sp³-hybridized carbons (Fsp3) is 0.946. The first-order valence-corrected chi connectivity index (χ1v) is 18.4. The van der Waals surface area contributed by atoms with Crippen LogP contribution in [0.5, 0.6) is 0 Å². The first-order valence-electron chi connectivity index (χ1n) is 18.4. The second-order valence-electron chi connectivity index (χ2n) is 12.5. The topological polar surface area (TPSA) is 52.6 Å². The first-order chi connectivity index (χ1) is 20.2. The highest BCUT2D eigenvalue weighted by molar-refractivity contribution is 5.69. The normalized spacial score (nSPS) is 11.2. The number of esters is 2. The number of carbonyl (C=O) groups excluding carboxylic acids is 2. The van der Waals surface area contributed by atoms with Crippen LogP contribution in [0.1, 0.15) is 212 Å². The molecule has 0 rings (SSSR count). The third kappa shape index (κ3) is 35.0. The molecule has 0 saturated heterocycles. The molecule has 0 heterocycles. The Kier molecular flexibility index (Phi) is 34.2. The maximum atomic E-state index is 11.9. The Hall–Kier alpha value is -1.06. The average Bonchev–Trinajstić information content (AvgIpc) is 2.98. The summed E-state index contributed by atoms with van der Waals surface area (Å²) < 4.78 is 10.1. The quantitative estimate of drug-likeness (QED) is 0.0561. The summed E-state index contributed by atoms with van der Waals surface area (Å²) in [6.45, 7) is 2.90. The number of hydrogen-bond donors (Lipinski definition) is 0. The number of hydrogen-bond acceptors (Lipinski definition) is 4. The molecule has 0 aliphatic rings. The fourth-order valence-corrected chi connectivity index (χ4v) is 5.67. The molecule has 0 N–H and O–H groups in total. The zero-order valence-electron chi connectivity index (χ0n) is 28.0. The lowest BCUT2D eigenvalue weighted by atomic mass is 10.0. The Morgan fingerprint density at radius 2 is 0.634 bits per heavy atom. The molecule has 0 aliphatic carbocycles. The van der Waals surface area contributed by atoms with E-state index in [0.717, 1.165) is 25.7 Å². The van der Waals surface area contributed by atoms with Gasteiger partial charge < -0.3 is 9.47 Å². The van der Waals surface area contributed by atoms with E-state index in [1.807, 2.05) is 0 Å². The van der Waals surface area contributed by atoms with Crippen LogP contribution in [0.25, 0.3) is 0 Å². The highest BCUT2D eigenvalue weighted by atomic mass is 16.5. The van der Waals surface area contributed by atoms with Gasteiger partial charge in [0.2, 0.25) is 0 Å². The van der Waals surface area contributed by atoms with Crippen molar-refractivity contribution < 1.29 is 19.1 Å². The van der Waals surface area contributed by atoms with Crippen molar-refractivity contribution in [2.24, 2.45) is 0 Å². The Balaban J connectivity index is 3.16. The van der Waals surface area contributed by atoms with Gasteiger partial charge in [-0.2, -0.15) is 0 Å². The van der Waals surface area contributed by atoms with Crippen LogP contribution in [0, 0.1) is 0 Å². The van der Waals surface area contributed by atoms with Gasteiger partial charge in [0.15, 0.2) is 0 Å². The maximum absolute atomic E-state index is 11.9. The molecule has 0 atom stereocenters. The molecule has 0 aliphatic heterocycles. The van der Waals surface area contributed by atoms with Gasteiger partial charge in [-0.15, -0.1) is 0 Å². The number of unbranched alkanes of at least 4 members (excludes halogenated alkanes) is 28. The summed E-state index contributed by atoms with van der Waals surface area (Å²) in [5.41, 5.74) is 0. The van der Waals surface area contributed by atoms with Crippen LogP contribution in [0.4, 0.5) is 0 Å². The van der Waals surface area contributed by atoms with Gasteiger partial charge in [0.05, 0.1) is 13.7 Å². The van der Waals surface area contributed by atoms with E-state index in [1.54, 1.807) is 0 Å².